The Morgan fingerprint density at radius 3 is 2.42 bits per heavy atom. The topological polar surface area (TPSA) is 121 Å². The summed E-state index contributed by atoms with van der Waals surface area (Å²) in [5.74, 6) is 0.804. The number of methoxy groups -OCH3 is 2. The molecule has 1 atom stereocenters. The van der Waals surface area contributed by atoms with Crippen molar-refractivity contribution < 1.29 is 24.5 Å². The Morgan fingerprint density at radius 1 is 1.27 bits per heavy atom. The van der Waals surface area contributed by atoms with Crippen LogP contribution in [0.2, 0.25) is 0 Å². The number of nitrogens with one attached hydrogen (secondary N) is 1. The molecule has 0 bridgehead atoms. The Morgan fingerprint density at radius 2 is 1.92 bits per heavy atom. The lowest BCUT2D eigenvalue weighted by Gasteiger charge is -2.26. The van der Waals surface area contributed by atoms with Crippen molar-refractivity contribution in [2.24, 2.45) is 5.18 Å². The van der Waals surface area contributed by atoms with E-state index < -0.39 is 12.0 Å². The minimum Gasteiger partial charge on any atom is -0.493 e. The van der Waals surface area contributed by atoms with Crippen LogP contribution in [-0.2, 0) is 9.53 Å². The van der Waals surface area contributed by atoms with Crippen LogP contribution in [0.3, 0.4) is 0 Å². The highest BCUT2D eigenvalue weighted by atomic mass is 16.5. The Bertz CT molecular complexity index is 621. The SMILES string of the molecule is CC.CCOC(=O)C(c1ccc(OC)c(OC)c1)N1C=C(N=O)NC1.O. The lowest BCUT2D eigenvalue weighted by atomic mass is 10.1. The van der Waals surface area contributed by atoms with Crippen molar-refractivity contribution in [2.45, 2.75) is 26.8 Å². The van der Waals surface area contributed by atoms with Crippen LogP contribution in [0, 0.1) is 4.91 Å². The number of esters is 1. The number of nitroso groups, excluding NO2 is 1. The fourth-order valence-corrected chi connectivity index (χ4v) is 2.35. The highest BCUT2D eigenvalue weighted by molar-refractivity contribution is 5.78. The van der Waals surface area contributed by atoms with E-state index in [2.05, 4.69) is 10.5 Å². The van der Waals surface area contributed by atoms with Crippen molar-refractivity contribution in [3.05, 3.63) is 40.7 Å². The Kier molecular flexibility index (Phi) is 10.4. The molecule has 0 aliphatic carbocycles. The second kappa shape index (κ2) is 11.7. The van der Waals surface area contributed by atoms with Gasteiger partial charge in [-0.25, -0.2) is 4.79 Å². The molecule has 1 aromatic rings. The van der Waals surface area contributed by atoms with Crippen molar-refractivity contribution in [3.63, 3.8) is 0 Å². The normalized spacial score (nSPS) is 13.1. The van der Waals surface area contributed by atoms with Gasteiger partial charge in [-0.05, 0) is 29.8 Å². The summed E-state index contributed by atoms with van der Waals surface area (Å²) in [4.78, 5) is 24.7. The van der Waals surface area contributed by atoms with E-state index in [1.165, 1.54) is 20.4 Å². The fraction of sp³-hybridized carbons (Fsp3) is 0.471. The molecule has 9 nitrogen and oxygen atoms in total. The molecular formula is C17H27N3O6. The molecular weight excluding hydrogens is 342 g/mol. The van der Waals surface area contributed by atoms with Crippen LogP contribution in [0.1, 0.15) is 32.4 Å². The zero-order chi connectivity index (χ0) is 18.8. The summed E-state index contributed by atoms with van der Waals surface area (Å²) in [6, 6.07) is 4.46. The Hall–Kier alpha value is -2.81. The first-order chi connectivity index (χ1) is 12.1. The van der Waals surface area contributed by atoms with Crippen LogP contribution in [0.5, 0.6) is 11.5 Å². The van der Waals surface area contributed by atoms with Crippen molar-refractivity contribution in [1.29, 1.82) is 0 Å². The molecule has 0 saturated carbocycles. The maximum atomic E-state index is 12.4. The predicted molar refractivity (Wildman–Crippen MR) is 97.6 cm³/mol. The molecule has 26 heavy (non-hydrogen) atoms. The molecule has 0 fully saturated rings. The number of nitrogens with zero attached hydrogens (tertiary/aromatic N) is 2. The van der Waals surface area contributed by atoms with Crippen molar-refractivity contribution >= 4 is 5.97 Å². The van der Waals surface area contributed by atoms with Gasteiger partial charge in [-0.1, -0.05) is 19.9 Å². The van der Waals surface area contributed by atoms with Gasteiger partial charge >= 0.3 is 5.97 Å². The molecule has 3 N–H and O–H groups in total. The lowest BCUT2D eigenvalue weighted by Crippen LogP contribution is -2.33. The average molecular weight is 369 g/mol. The molecule has 0 spiro atoms. The van der Waals surface area contributed by atoms with Gasteiger partial charge in [0.1, 0.15) is 0 Å². The van der Waals surface area contributed by atoms with Gasteiger partial charge in [0.05, 0.1) is 27.5 Å². The molecule has 1 aliphatic rings. The third kappa shape index (κ3) is 5.35. The zero-order valence-corrected chi connectivity index (χ0v) is 15.7. The Labute approximate surface area is 153 Å². The first-order valence-corrected chi connectivity index (χ1v) is 8.08. The van der Waals surface area contributed by atoms with E-state index in [0.717, 1.165) is 0 Å². The molecule has 0 aromatic heterocycles. The first-order valence-electron chi connectivity index (χ1n) is 8.08. The van der Waals surface area contributed by atoms with Gasteiger partial charge in [0.2, 0.25) is 0 Å². The molecule has 0 radical (unpaired) electrons. The lowest BCUT2D eigenvalue weighted by molar-refractivity contribution is -0.148. The summed E-state index contributed by atoms with van der Waals surface area (Å²) < 4.78 is 15.6. The van der Waals surface area contributed by atoms with Gasteiger partial charge in [-0.3, -0.25) is 0 Å². The van der Waals surface area contributed by atoms with Gasteiger partial charge in [0, 0.05) is 6.20 Å². The van der Waals surface area contributed by atoms with Crippen LogP contribution in [-0.4, -0.2) is 43.8 Å². The second-order valence-electron chi connectivity index (χ2n) is 4.72. The van der Waals surface area contributed by atoms with Gasteiger partial charge in [-0.15, -0.1) is 4.91 Å². The second-order valence-corrected chi connectivity index (χ2v) is 4.72. The summed E-state index contributed by atoms with van der Waals surface area (Å²) >= 11 is 0. The predicted octanol–water partition coefficient (Wildman–Crippen LogP) is 1.94. The largest absolute Gasteiger partial charge is 0.493 e. The monoisotopic (exact) mass is 369 g/mol. The van der Waals surface area contributed by atoms with E-state index in [9.17, 15) is 9.70 Å². The Balaban J connectivity index is 0.00000201. The van der Waals surface area contributed by atoms with Crippen LogP contribution in [0.25, 0.3) is 0 Å². The van der Waals surface area contributed by atoms with Gasteiger partial charge < -0.3 is 29.9 Å². The van der Waals surface area contributed by atoms with Crippen LogP contribution in [0.4, 0.5) is 0 Å². The van der Waals surface area contributed by atoms with E-state index in [0.29, 0.717) is 17.1 Å². The van der Waals surface area contributed by atoms with Gasteiger partial charge in [0.25, 0.3) is 0 Å². The molecule has 9 heteroatoms. The molecule has 1 aromatic carbocycles. The fourth-order valence-electron chi connectivity index (χ4n) is 2.35. The number of hydrogen-bond donors (Lipinski definition) is 1. The van der Waals surface area contributed by atoms with E-state index in [4.69, 9.17) is 14.2 Å². The minimum atomic E-state index is -0.721. The molecule has 2 rings (SSSR count). The summed E-state index contributed by atoms with van der Waals surface area (Å²) in [7, 11) is 3.06. The third-order valence-corrected chi connectivity index (χ3v) is 3.39. The maximum Gasteiger partial charge on any atom is 0.333 e. The van der Waals surface area contributed by atoms with Crippen LogP contribution < -0.4 is 14.8 Å². The standard InChI is InChI=1S/C15H19N3O5.C2H6.H2O/c1-4-23-15(19)14(18-8-13(17-20)16-9-18)10-5-6-11(21-2)12(7-10)22-3;1-2;/h5-8,14,16H,4,9H2,1-3H3;1-2H3;1H2. The molecule has 1 heterocycles. The van der Waals surface area contributed by atoms with Crippen LogP contribution in [0.15, 0.2) is 35.4 Å². The summed E-state index contributed by atoms with van der Waals surface area (Å²) in [5, 5.41) is 5.64. The summed E-state index contributed by atoms with van der Waals surface area (Å²) in [6.07, 6.45) is 1.49. The number of carbonyl (C=O) groups is 1. The van der Waals surface area contributed by atoms with Crippen molar-refractivity contribution in [1.82, 2.24) is 10.2 Å². The number of benzene rings is 1. The number of rotatable bonds is 7. The van der Waals surface area contributed by atoms with E-state index in [1.54, 1.807) is 30.0 Å². The van der Waals surface area contributed by atoms with Gasteiger partial charge in [-0.2, -0.15) is 0 Å². The smallest absolute Gasteiger partial charge is 0.333 e. The van der Waals surface area contributed by atoms with Crippen molar-refractivity contribution in [2.75, 3.05) is 27.5 Å². The maximum absolute atomic E-state index is 12.4. The number of hydrogen-bond acceptors (Lipinski definition) is 8. The number of ether oxygens (including phenoxy) is 3. The highest BCUT2D eigenvalue weighted by Gasteiger charge is 2.31. The quantitative estimate of drug-likeness (QED) is 0.576. The molecule has 0 amide bonds. The summed E-state index contributed by atoms with van der Waals surface area (Å²) in [6.45, 7) is 6.27. The molecule has 1 aliphatic heterocycles. The van der Waals surface area contributed by atoms with Crippen molar-refractivity contribution in [3.8, 4) is 11.5 Å². The van der Waals surface area contributed by atoms with Gasteiger partial charge in [0.15, 0.2) is 23.4 Å². The summed E-state index contributed by atoms with van der Waals surface area (Å²) in [5.41, 5.74) is 0.659. The van der Waals surface area contributed by atoms with E-state index in [1.807, 2.05) is 13.8 Å². The van der Waals surface area contributed by atoms with E-state index >= 15 is 0 Å². The molecule has 146 valence electrons. The third-order valence-electron chi connectivity index (χ3n) is 3.39. The zero-order valence-electron chi connectivity index (χ0n) is 15.7. The average Bonchev–Trinajstić information content (AvgIpc) is 3.12. The van der Waals surface area contributed by atoms with E-state index in [-0.39, 0.29) is 24.6 Å². The first kappa shape index (κ1) is 23.2. The van der Waals surface area contributed by atoms with Crippen LogP contribution >= 0.6 is 0 Å². The molecule has 0 saturated heterocycles. The minimum absolute atomic E-state index is 0. The molecule has 1 unspecified atom stereocenters. The highest BCUT2D eigenvalue weighted by Crippen LogP contribution is 2.33. The number of carbonyl (C=O) groups excluding carboxylic acids is 1.